The van der Waals surface area contributed by atoms with Gasteiger partial charge in [0.05, 0.1) is 82.8 Å². The number of hydrogen-bond acceptors (Lipinski definition) is 21. The third kappa shape index (κ3) is 10.8. The second-order valence-corrected chi connectivity index (χ2v) is 22.2. The highest BCUT2D eigenvalue weighted by Crippen LogP contribution is 2.58. The minimum absolute atomic E-state index is 0.00613. The Morgan fingerprint density at radius 2 is 0.973 bits per heavy atom. The van der Waals surface area contributed by atoms with Gasteiger partial charge in [-0.25, -0.2) is 0 Å². The topological polar surface area (TPSA) is 275 Å². The van der Waals surface area contributed by atoms with Gasteiger partial charge in [-0.05, 0) is 101 Å². The second kappa shape index (κ2) is 22.3. The lowest BCUT2D eigenvalue weighted by Crippen LogP contribution is -2.57. The molecule has 20 atom stereocenters. The number of hydrogen-bond donors (Lipinski definition) is 7. The van der Waals surface area contributed by atoms with Crippen LogP contribution >= 0.6 is 0 Å². The van der Waals surface area contributed by atoms with E-state index in [-0.39, 0.29) is 67.2 Å². The Hall–Kier alpha value is -3.62. The fraction of sp³-hybridized carbons (Fsp3) is 0.741. The summed E-state index contributed by atoms with van der Waals surface area (Å²) in [7, 11) is 7.58. The summed E-state index contributed by atoms with van der Waals surface area (Å²) in [5.41, 5.74) is -4.63. The SMILES string of the molecule is CC[C@@]1(O)C[C@H](OC2CC(N(C)C)C(OC3CCC(O)C(C)O3)C(C)O2)c2c(O)c3c(c(O)c2[C@H]1OC1CC(N(C)C)C(OC2CCC(OC4CCC(O)C(C)O4)C(C)O2)C(C)O1)C(=O)c1c(O)ccc(O)c1C3=O. The molecule has 9 rings (SSSR count). The van der Waals surface area contributed by atoms with Crippen LogP contribution in [0.15, 0.2) is 12.1 Å². The van der Waals surface area contributed by atoms with Gasteiger partial charge < -0.3 is 92.9 Å². The van der Waals surface area contributed by atoms with Crippen LogP contribution in [0.3, 0.4) is 0 Å². The van der Waals surface area contributed by atoms with Crippen molar-refractivity contribution in [3.05, 3.63) is 45.5 Å². The molecule has 0 bridgehead atoms. The summed E-state index contributed by atoms with van der Waals surface area (Å²) in [6.07, 6.45) is -7.73. The number of phenolic OH excluding ortho intramolecular Hbond substituents is 4. The monoisotopic (exact) mass is 1060 g/mol. The molecule has 0 aromatic heterocycles. The zero-order valence-corrected chi connectivity index (χ0v) is 44.6. The molecule has 2 aromatic carbocycles. The van der Waals surface area contributed by atoms with Crippen LogP contribution in [0.5, 0.6) is 23.0 Å². The van der Waals surface area contributed by atoms with Crippen molar-refractivity contribution in [2.45, 2.75) is 228 Å². The van der Waals surface area contributed by atoms with E-state index in [9.17, 15) is 45.3 Å². The molecule has 2 aromatic rings. The molecule has 0 spiro atoms. The van der Waals surface area contributed by atoms with Crippen LogP contribution in [-0.2, 0) is 47.4 Å². The molecule has 21 nitrogen and oxygen atoms in total. The maximum atomic E-state index is 14.5. The molecule has 21 heteroatoms. The highest BCUT2D eigenvalue weighted by molar-refractivity contribution is 6.32. The van der Waals surface area contributed by atoms with E-state index >= 15 is 0 Å². The van der Waals surface area contributed by atoms with Gasteiger partial charge in [-0.3, -0.25) is 9.59 Å². The first kappa shape index (κ1) is 56.1. The van der Waals surface area contributed by atoms with Gasteiger partial charge in [-0.15, -0.1) is 0 Å². The summed E-state index contributed by atoms with van der Waals surface area (Å²) >= 11 is 0. The number of carbonyl (C=O) groups excluding carboxylic acids is 2. The summed E-state index contributed by atoms with van der Waals surface area (Å²) in [6.45, 7) is 10.9. The number of rotatable bonds is 13. The maximum Gasteiger partial charge on any atom is 0.202 e. The van der Waals surface area contributed by atoms with Crippen molar-refractivity contribution in [1.29, 1.82) is 0 Å². The Morgan fingerprint density at radius 1 is 0.547 bits per heavy atom. The van der Waals surface area contributed by atoms with Crippen molar-refractivity contribution in [3.8, 4) is 23.0 Å². The van der Waals surface area contributed by atoms with Gasteiger partial charge in [-0.1, -0.05) is 6.92 Å². The van der Waals surface area contributed by atoms with Crippen molar-refractivity contribution in [3.63, 3.8) is 0 Å². The minimum atomic E-state index is -1.89. The van der Waals surface area contributed by atoms with E-state index < -0.39 is 149 Å². The van der Waals surface area contributed by atoms with Gasteiger partial charge >= 0.3 is 0 Å². The lowest BCUT2D eigenvalue weighted by atomic mass is 9.70. The number of ketones is 2. The van der Waals surface area contributed by atoms with E-state index in [1.807, 2.05) is 65.7 Å². The first-order chi connectivity index (χ1) is 35.5. The molecule has 0 amide bonds. The van der Waals surface area contributed by atoms with Crippen molar-refractivity contribution >= 4 is 11.6 Å². The largest absolute Gasteiger partial charge is 0.507 e. The van der Waals surface area contributed by atoms with Crippen LogP contribution in [0.1, 0.15) is 161 Å². The van der Waals surface area contributed by atoms with Gasteiger partial charge in [0.2, 0.25) is 11.6 Å². The molecule has 0 radical (unpaired) electrons. The molecular formula is C54H78N2O19. The average Bonchev–Trinajstić information content (AvgIpc) is 3.35. The van der Waals surface area contributed by atoms with Crippen LogP contribution in [-0.4, -0.2) is 195 Å². The molecule has 7 N–H and O–H groups in total. The van der Waals surface area contributed by atoms with Crippen molar-refractivity contribution < 1.29 is 92.7 Å². The van der Waals surface area contributed by atoms with E-state index in [4.69, 9.17) is 47.4 Å². The summed E-state index contributed by atoms with van der Waals surface area (Å²) in [5.74, 6) is -4.87. The number of aliphatic hydroxyl groups excluding tert-OH is 2. The molecule has 5 aliphatic heterocycles. The Bertz CT molecular complexity index is 2410. The predicted molar refractivity (Wildman–Crippen MR) is 264 cm³/mol. The van der Waals surface area contributed by atoms with Crippen molar-refractivity contribution in [1.82, 2.24) is 9.80 Å². The molecule has 75 heavy (non-hydrogen) atoms. The Morgan fingerprint density at radius 3 is 1.43 bits per heavy atom. The minimum Gasteiger partial charge on any atom is -0.507 e. The number of carbonyl (C=O) groups is 2. The van der Waals surface area contributed by atoms with Crippen LogP contribution in [0.25, 0.3) is 0 Å². The highest BCUT2D eigenvalue weighted by atomic mass is 16.7. The zero-order chi connectivity index (χ0) is 54.1. The van der Waals surface area contributed by atoms with Crippen LogP contribution in [0, 0.1) is 0 Å². The molecule has 5 saturated heterocycles. The van der Waals surface area contributed by atoms with Gasteiger partial charge in [0, 0.05) is 61.7 Å². The van der Waals surface area contributed by atoms with E-state index in [1.165, 1.54) is 0 Å². The quantitative estimate of drug-likeness (QED) is 0.116. The Kier molecular flexibility index (Phi) is 16.7. The lowest BCUT2D eigenvalue weighted by Gasteiger charge is -2.50. The standard InChI is InChI=1S/C54H78N2O19/c1-11-54(65)22-35(72-39-20-28(55(7)8)51(26(5)69-39)73-37-18-15-31(58)24(3)67-37)43-46(50(64)45-44(49(43)63)47(61)41-32(59)12-13-33(60)42(41)48(45)62)53(54)75-40-21-29(56(9)10)52(27(6)70-40)74-38-19-16-34(25(4)68-38)71-36-17-14-30(57)23(2)66-36/h12-13,23-31,34-40,51-53,57-60,63-65H,11,14-22H2,1-10H3/t23?,24?,25?,26?,27?,28?,29?,30?,31?,34?,35-,36?,37?,38?,39?,40?,51?,52?,53+,54+/m0/s1. The van der Waals surface area contributed by atoms with Gasteiger partial charge in [0.15, 0.2) is 31.5 Å². The Balaban J connectivity index is 1.00. The molecule has 0 saturated carbocycles. The zero-order valence-electron chi connectivity index (χ0n) is 44.6. The van der Waals surface area contributed by atoms with E-state index in [2.05, 4.69) is 0 Å². The lowest BCUT2D eigenvalue weighted by molar-refractivity contribution is -0.322. The predicted octanol–water partition coefficient (Wildman–Crippen LogP) is 4.53. The summed E-state index contributed by atoms with van der Waals surface area (Å²) in [5, 5.41) is 80.4. The van der Waals surface area contributed by atoms with E-state index in [1.54, 1.807) is 13.8 Å². The third-order valence-electron chi connectivity index (χ3n) is 16.8. The normalized spacial score (nSPS) is 40.3. The maximum absolute atomic E-state index is 14.5. The molecule has 2 aliphatic carbocycles. The number of nitrogens with zero attached hydrogens (tertiary/aromatic N) is 2. The fourth-order valence-corrected chi connectivity index (χ4v) is 12.3. The number of phenols is 4. The number of fused-ring (bicyclic) bond motifs is 3. The Labute approximate surface area is 437 Å². The van der Waals surface area contributed by atoms with Crippen LogP contribution in [0.2, 0.25) is 0 Å². The van der Waals surface area contributed by atoms with Gasteiger partial charge in [0.1, 0.15) is 41.3 Å². The summed E-state index contributed by atoms with van der Waals surface area (Å²) < 4.78 is 64.5. The van der Waals surface area contributed by atoms with Gasteiger partial charge in [-0.2, -0.15) is 0 Å². The molecule has 7 aliphatic rings. The van der Waals surface area contributed by atoms with Crippen LogP contribution in [0.4, 0.5) is 0 Å². The van der Waals surface area contributed by atoms with Crippen molar-refractivity contribution in [2.24, 2.45) is 0 Å². The first-order valence-electron chi connectivity index (χ1n) is 26.7. The van der Waals surface area contributed by atoms with Crippen LogP contribution < -0.4 is 0 Å². The number of ether oxygens (including phenoxy) is 10. The molecule has 5 fully saturated rings. The second-order valence-electron chi connectivity index (χ2n) is 22.2. The van der Waals surface area contributed by atoms with Gasteiger partial charge in [0.25, 0.3) is 0 Å². The van der Waals surface area contributed by atoms with Crippen molar-refractivity contribution in [2.75, 3.05) is 28.2 Å². The molecule has 5 heterocycles. The van der Waals surface area contributed by atoms with E-state index in [0.29, 0.717) is 38.5 Å². The smallest absolute Gasteiger partial charge is 0.202 e. The summed E-state index contributed by atoms with van der Waals surface area (Å²) in [6, 6.07) is 1.45. The average molecular weight is 1060 g/mol. The first-order valence-corrected chi connectivity index (χ1v) is 26.7. The fourth-order valence-electron chi connectivity index (χ4n) is 12.3. The molecule has 17 unspecified atom stereocenters. The third-order valence-corrected chi connectivity index (χ3v) is 16.8. The summed E-state index contributed by atoms with van der Waals surface area (Å²) in [4.78, 5) is 32.9. The number of aliphatic hydroxyl groups is 3. The highest BCUT2D eigenvalue weighted by Gasteiger charge is 2.55. The molecule has 418 valence electrons. The van der Waals surface area contributed by atoms with E-state index in [0.717, 1.165) is 12.1 Å². The number of aromatic hydroxyl groups is 4. The molecular weight excluding hydrogens is 981 g/mol. The number of likely N-dealkylation sites (N-methyl/N-ethyl adjacent to an activating group) is 2. The number of benzene rings is 2.